The summed E-state index contributed by atoms with van der Waals surface area (Å²) in [6.07, 6.45) is 0. The average Bonchev–Trinajstić information content (AvgIpc) is 2.54. The monoisotopic (exact) mass is 297 g/mol. The van der Waals surface area contributed by atoms with Crippen molar-refractivity contribution in [1.82, 2.24) is 0 Å². The number of nitro groups is 1. The van der Waals surface area contributed by atoms with Gasteiger partial charge in [-0.15, -0.1) is 0 Å². The molecule has 112 valence electrons. The maximum atomic E-state index is 11.1. The highest BCUT2D eigenvalue weighted by molar-refractivity contribution is 5.65. The van der Waals surface area contributed by atoms with Gasteiger partial charge < -0.3 is 9.64 Å². The van der Waals surface area contributed by atoms with Crippen LogP contribution in [-0.4, -0.2) is 19.1 Å². The highest BCUT2D eigenvalue weighted by atomic mass is 16.6. The van der Waals surface area contributed by atoms with E-state index >= 15 is 0 Å². The van der Waals surface area contributed by atoms with Crippen LogP contribution in [0.15, 0.2) is 42.5 Å². The van der Waals surface area contributed by atoms with Crippen LogP contribution in [-0.2, 0) is 6.54 Å². The summed E-state index contributed by atoms with van der Waals surface area (Å²) in [6, 6.07) is 13.8. The largest absolute Gasteiger partial charge is 0.497 e. The molecule has 2 aromatic carbocycles. The predicted octanol–water partition coefficient (Wildman–Crippen LogP) is 3.11. The van der Waals surface area contributed by atoms with Gasteiger partial charge in [-0.25, -0.2) is 0 Å². The normalized spacial score (nSPS) is 9.86. The summed E-state index contributed by atoms with van der Waals surface area (Å²) >= 11 is 0. The molecule has 0 amide bonds. The van der Waals surface area contributed by atoms with Gasteiger partial charge >= 0.3 is 0 Å². The van der Waals surface area contributed by atoms with E-state index < -0.39 is 4.92 Å². The van der Waals surface area contributed by atoms with Crippen molar-refractivity contribution in [2.45, 2.75) is 6.54 Å². The second-order valence-electron chi connectivity index (χ2n) is 4.78. The quantitative estimate of drug-likeness (QED) is 0.625. The second kappa shape index (κ2) is 6.59. The molecule has 2 aromatic rings. The maximum Gasteiger partial charge on any atom is 0.292 e. The molecule has 6 heteroatoms. The van der Waals surface area contributed by atoms with Gasteiger partial charge in [-0.2, -0.15) is 5.26 Å². The van der Waals surface area contributed by atoms with E-state index in [1.807, 2.05) is 30.3 Å². The SMILES string of the molecule is COc1ccc(CN(C)c2cc(C#N)ccc2[N+](=O)[O-])cc1. The van der Waals surface area contributed by atoms with Crippen LogP contribution >= 0.6 is 0 Å². The lowest BCUT2D eigenvalue weighted by atomic mass is 10.1. The molecule has 0 atom stereocenters. The van der Waals surface area contributed by atoms with Crippen molar-refractivity contribution >= 4 is 11.4 Å². The molecular formula is C16H15N3O3. The highest BCUT2D eigenvalue weighted by Crippen LogP contribution is 2.29. The molecule has 0 aliphatic rings. The molecule has 0 aromatic heterocycles. The standard InChI is InChI=1S/C16H15N3O3/c1-18(11-12-3-6-14(22-2)7-4-12)16-9-13(10-17)5-8-15(16)19(20)21/h3-9H,11H2,1-2H3. The van der Waals surface area contributed by atoms with Gasteiger partial charge in [0.2, 0.25) is 0 Å². The van der Waals surface area contributed by atoms with Crippen LogP contribution in [0.5, 0.6) is 5.75 Å². The molecule has 6 nitrogen and oxygen atoms in total. The van der Waals surface area contributed by atoms with Crippen LogP contribution in [0.3, 0.4) is 0 Å². The Balaban J connectivity index is 2.29. The molecule has 0 aliphatic carbocycles. The molecule has 0 heterocycles. The third-order valence-electron chi connectivity index (χ3n) is 3.29. The number of rotatable bonds is 5. The van der Waals surface area contributed by atoms with Gasteiger partial charge in [0, 0.05) is 19.7 Å². The summed E-state index contributed by atoms with van der Waals surface area (Å²) in [6.45, 7) is 0.486. The molecule has 2 rings (SSSR count). The number of hydrogen-bond donors (Lipinski definition) is 0. The molecule has 0 N–H and O–H groups in total. The highest BCUT2D eigenvalue weighted by Gasteiger charge is 2.18. The topological polar surface area (TPSA) is 79.4 Å². The van der Waals surface area contributed by atoms with Crippen molar-refractivity contribution in [1.29, 1.82) is 5.26 Å². The van der Waals surface area contributed by atoms with Crippen LogP contribution in [0, 0.1) is 21.4 Å². The lowest BCUT2D eigenvalue weighted by Crippen LogP contribution is -2.17. The van der Waals surface area contributed by atoms with E-state index in [4.69, 9.17) is 10.00 Å². The summed E-state index contributed by atoms with van der Waals surface area (Å²) in [5.74, 6) is 0.754. The van der Waals surface area contributed by atoms with Crippen molar-refractivity contribution in [3.05, 3.63) is 63.7 Å². The predicted molar refractivity (Wildman–Crippen MR) is 82.9 cm³/mol. The second-order valence-corrected chi connectivity index (χ2v) is 4.78. The first-order chi connectivity index (χ1) is 10.5. The van der Waals surface area contributed by atoms with Crippen LogP contribution in [0.25, 0.3) is 0 Å². The fourth-order valence-electron chi connectivity index (χ4n) is 2.14. The first-order valence-corrected chi connectivity index (χ1v) is 6.57. The van der Waals surface area contributed by atoms with E-state index in [1.54, 1.807) is 19.1 Å². The fraction of sp³-hybridized carbons (Fsp3) is 0.188. The Labute approximate surface area is 128 Å². The van der Waals surface area contributed by atoms with E-state index in [2.05, 4.69) is 0 Å². The van der Waals surface area contributed by atoms with E-state index in [1.165, 1.54) is 18.2 Å². The van der Waals surface area contributed by atoms with Crippen molar-refractivity contribution in [2.24, 2.45) is 0 Å². The van der Waals surface area contributed by atoms with Crippen LogP contribution in [0.2, 0.25) is 0 Å². The molecular weight excluding hydrogens is 282 g/mol. The van der Waals surface area contributed by atoms with Crippen molar-refractivity contribution in [2.75, 3.05) is 19.1 Å². The first kappa shape index (κ1) is 15.3. The third kappa shape index (κ3) is 3.33. The van der Waals surface area contributed by atoms with Gasteiger partial charge in [0.05, 0.1) is 23.7 Å². The molecule has 0 unspecified atom stereocenters. The molecule has 0 saturated heterocycles. The number of nitriles is 1. The zero-order valence-electron chi connectivity index (χ0n) is 12.3. The van der Waals surface area contributed by atoms with Crippen molar-refractivity contribution in [3.8, 4) is 11.8 Å². The third-order valence-corrected chi connectivity index (χ3v) is 3.29. The number of nitro benzene ring substituents is 1. The Hall–Kier alpha value is -3.07. The van der Waals surface area contributed by atoms with Gasteiger partial charge in [-0.05, 0) is 29.8 Å². The van der Waals surface area contributed by atoms with Gasteiger partial charge in [-0.1, -0.05) is 12.1 Å². The molecule has 0 radical (unpaired) electrons. The molecule has 0 spiro atoms. The summed E-state index contributed by atoms with van der Waals surface area (Å²) < 4.78 is 5.10. The van der Waals surface area contributed by atoms with Crippen molar-refractivity contribution in [3.63, 3.8) is 0 Å². The first-order valence-electron chi connectivity index (χ1n) is 6.57. The Bertz CT molecular complexity index is 720. The van der Waals surface area contributed by atoms with E-state index in [9.17, 15) is 10.1 Å². The summed E-state index contributed by atoms with van der Waals surface area (Å²) in [5.41, 5.74) is 1.78. The number of methoxy groups -OCH3 is 1. The number of ether oxygens (including phenoxy) is 1. The molecule has 0 fully saturated rings. The number of benzene rings is 2. The zero-order valence-corrected chi connectivity index (χ0v) is 12.3. The van der Waals surface area contributed by atoms with E-state index in [0.29, 0.717) is 17.8 Å². The van der Waals surface area contributed by atoms with Crippen LogP contribution in [0.4, 0.5) is 11.4 Å². The van der Waals surface area contributed by atoms with Gasteiger partial charge in [0.15, 0.2) is 0 Å². The molecule has 0 saturated carbocycles. The molecule has 0 bridgehead atoms. The fourth-order valence-corrected chi connectivity index (χ4v) is 2.14. The Morgan fingerprint density at radius 1 is 1.27 bits per heavy atom. The number of nitrogens with zero attached hydrogens (tertiary/aromatic N) is 3. The Kier molecular flexibility index (Phi) is 4.59. The van der Waals surface area contributed by atoms with Crippen molar-refractivity contribution < 1.29 is 9.66 Å². The smallest absolute Gasteiger partial charge is 0.292 e. The minimum atomic E-state index is -0.443. The minimum Gasteiger partial charge on any atom is -0.497 e. The number of anilines is 1. The summed E-state index contributed by atoms with van der Waals surface area (Å²) in [5, 5.41) is 20.1. The lowest BCUT2D eigenvalue weighted by molar-refractivity contribution is -0.384. The van der Waals surface area contributed by atoms with E-state index in [0.717, 1.165) is 11.3 Å². The Morgan fingerprint density at radius 3 is 2.50 bits per heavy atom. The summed E-state index contributed by atoms with van der Waals surface area (Å²) in [4.78, 5) is 12.4. The van der Waals surface area contributed by atoms with Gasteiger partial charge in [0.25, 0.3) is 5.69 Å². The van der Waals surface area contributed by atoms with E-state index in [-0.39, 0.29) is 5.69 Å². The summed E-state index contributed by atoms with van der Waals surface area (Å²) in [7, 11) is 3.35. The maximum absolute atomic E-state index is 11.1. The molecule has 0 aliphatic heterocycles. The van der Waals surface area contributed by atoms with Crippen LogP contribution < -0.4 is 9.64 Å². The zero-order chi connectivity index (χ0) is 16.1. The average molecular weight is 297 g/mol. The van der Waals surface area contributed by atoms with Gasteiger partial charge in [0.1, 0.15) is 11.4 Å². The van der Waals surface area contributed by atoms with Gasteiger partial charge in [-0.3, -0.25) is 10.1 Å². The lowest BCUT2D eigenvalue weighted by Gasteiger charge is -2.19. The Morgan fingerprint density at radius 2 is 1.95 bits per heavy atom. The van der Waals surface area contributed by atoms with Crippen LogP contribution in [0.1, 0.15) is 11.1 Å². The molecule has 22 heavy (non-hydrogen) atoms. The number of hydrogen-bond acceptors (Lipinski definition) is 5. The minimum absolute atomic E-state index is 0.0185.